The minimum absolute atomic E-state index is 0.171. The molecule has 0 radical (unpaired) electrons. The van der Waals surface area contributed by atoms with Crippen LogP contribution in [0.15, 0.2) is 22.7 Å². The van der Waals surface area contributed by atoms with Gasteiger partial charge < -0.3 is 5.32 Å². The van der Waals surface area contributed by atoms with Crippen LogP contribution in [0.4, 0.5) is 4.39 Å². The zero-order valence-electron chi connectivity index (χ0n) is 13.4. The van der Waals surface area contributed by atoms with Crippen molar-refractivity contribution < 1.29 is 4.39 Å². The molecule has 1 atom stereocenters. The van der Waals surface area contributed by atoms with Gasteiger partial charge in [0.05, 0.1) is 4.47 Å². The molecule has 0 aliphatic carbocycles. The summed E-state index contributed by atoms with van der Waals surface area (Å²) in [5.74, 6) is -0.171. The molecule has 1 aromatic carbocycles. The number of benzene rings is 1. The summed E-state index contributed by atoms with van der Waals surface area (Å²) in [5.41, 5.74) is 1.04. The fourth-order valence-corrected chi connectivity index (χ4v) is 3.25. The lowest BCUT2D eigenvalue weighted by Crippen LogP contribution is -2.21. The summed E-state index contributed by atoms with van der Waals surface area (Å²) in [4.78, 5) is 0. The average molecular weight is 358 g/mol. The normalized spacial score (nSPS) is 12.6. The zero-order chi connectivity index (χ0) is 15.5. The number of unbranched alkanes of at least 4 members (excludes halogenated alkanes) is 6. The fourth-order valence-electron chi connectivity index (χ4n) is 2.71. The van der Waals surface area contributed by atoms with Crippen LogP contribution in [0.1, 0.15) is 76.8 Å². The highest BCUT2D eigenvalue weighted by Gasteiger charge is 2.15. The summed E-state index contributed by atoms with van der Waals surface area (Å²) in [5, 5.41) is 3.48. The van der Waals surface area contributed by atoms with Gasteiger partial charge in [0.1, 0.15) is 5.82 Å². The predicted octanol–water partition coefficient (Wildman–Crippen LogP) is 6.38. The van der Waals surface area contributed by atoms with Crippen LogP contribution in [-0.4, -0.2) is 6.54 Å². The molecule has 0 heterocycles. The van der Waals surface area contributed by atoms with Crippen molar-refractivity contribution in [2.75, 3.05) is 6.54 Å². The van der Waals surface area contributed by atoms with E-state index < -0.39 is 0 Å². The van der Waals surface area contributed by atoms with E-state index in [4.69, 9.17) is 0 Å². The van der Waals surface area contributed by atoms with Gasteiger partial charge >= 0.3 is 0 Å². The van der Waals surface area contributed by atoms with Gasteiger partial charge in [-0.25, -0.2) is 4.39 Å². The average Bonchev–Trinajstić information content (AvgIpc) is 2.48. The predicted molar refractivity (Wildman–Crippen MR) is 93.1 cm³/mol. The molecule has 1 unspecified atom stereocenters. The molecule has 0 fully saturated rings. The van der Waals surface area contributed by atoms with Crippen LogP contribution in [0.3, 0.4) is 0 Å². The summed E-state index contributed by atoms with van der Waals surface area (Å²) >= 11 is 3.39. The molecule has 1 nitrogen and oxygen atoms in total. The van der Waals surface area contributed by atoms with Gasteiger partial charge in [-0.05, 0) is 40.5 Å². The number of rotatable bonds is 11. The quantitative estimate of drug-likeness (QED) is 0.453. The Balaban J connectivity index is 2.41. The number of hydrogen-bond acceptors (Lipinski definition) is 1. The number of halogens is 2. The third kappa shape index (κ3) is 6.92. The van der Waals surface area contributed by atoms with Crippen molar-refractivity contribution in [2.24, 2.45) is 0 Å². The van der Waals surface area contributed by atoms with Gasteiger partial charge in [-0.2, -0.15) is 0 Å². The highest BCUT2D eigenvalue weighted by atomic mass is 79.9. The van der Waals surface area contributed by atoms with Crippen molar-refractivity contribution in [3.63, 3.8) is 0 Å². The minimum atomic E-state index is -0.171. The Morgan fingerprint density at radius 3 is 2.38 bits per heavy atom. The van der Waals surface area contributed by atoms with Crippen molar-refractivity contribution in [3.8, 4) is 0 Å². The van der Waals surface area contributed by atoms with Crippen molar-refractivity contribution in [3.05, 3.63) is 34.1 Å². The Hall–Kier alpha value is -0.410. The topological polar surface area (TPSA) is 12.0 Å². The van der Waals surface area contributed by atoms with E-state index in [1.54, 1.807) is 6.07 Å². The Bertz CT molecular complexity index is 395. The fraction of sp³-hybridized carbons (Fsp3) is 0.667. The second-order valence-corrected chi connectivity index (χ2v) is 6.46. The van der Waals surface area contributed by atoms with E-state index in [-0.39, 0.29) is 11.9 Å². The molecule has 0 amide bonds. The highest BCUT2D eigenvalue weighted by molar-refractivity contribution is 9.10. The van der Waals surface area contributed by atoms with E-state index in [9.17, 15) is 4.39 Å². The van der Waals surface area contributed by atoms with Gasteiger partial charge in [0.2, 0.25) is 0 Å². The van der Waals surface area contributed by atoms with Crippen LogP contribution in [0.2, 0.25) is 0 Å². The smallest absolute Gasteiger partial charge is 0.137 e. The van der Waals surface area contributed by atoms with Gasteiger partial charge in [0, 0.05) is 6.04 Å². The Morgan fingerprint density at radius 1 is 1.05 bits per heavy atom. The molecule has 0 bridgehead atoms. The van der Waals surface area contributed by atoms with E-state index in [0.29, 0.717) is 4.47 Å². The maximum Gasteiger partial charge on any atom is 0.137 e. The SMILES string of the molecule is CCCCCCCCCC(NCC)c1cccc(F)c1Br. The third-order valence-electron chi connectivity index (χ3n) is 3.90. The molecule has 0 spiro atoms. The summed E-state index contributed by atoms with van der Waals surface area (Å²) in [6.07, 6.45) is 10.2. The Morgan fingerprint density at radius 2 is 1.71 bits per heavy atom. The van der Waals surface area contributed by atoms with Gasteiger partial charge in [0.25, 0.3) is 0 Å². The molecule has 21 heavy (non-hydrogen) atoms. The largest absolute Gasteiger partial charge is 0.310 e. The zero-order valence-corrected chi connectivity index (χ0v) is 15.0. The first-order valence-corrected chi connectivity index (χ1v) is 9.17. The summed E-state index contributed by atoms with van der Waals surface area (Å²) in [6, 6.07) is 5.56. The maximum atomic E-state index is 13.7. The molecular formula is C18H29BrFN. The van der Waals surface area contributed by atoms with Gasteiger partial charge in [0.15, 0.2) is 0 Å². The molecule has 0 aliphatic rings. The first-order chi connectivity index (χ1) is 10.2. The molecule has 0 saturated heterocycles. The van der Waals surface area contributed by atoms with E-state index in [2.05, 4.69) is 35.1 Å². The minimum Gasteiger partial charge on any atom is -0.310 e. The second-order valence-electron chi connectivity index (χ2n) is 5.66. The van der Waals surface area contributed by atoms with Gasteiger partial charge in [-0.3, -0.25) is 0 Å². The van der Waals surface area contributed by atoms with Gasteiger partial charge in [-0.15, -0.1) is 0 Å². The Labute approximate surface area is 137 Å². The lowest BCUT2D eigenvalue weighted by molar-refractivity contribution is 0.471. The Kier molecular flexibility index (Phi) is 9.94. The maximum absolute atomic E-state index is 13.7. The van der Waals surface area contributed by atoms with Gasteiger partial charge in [-0.1, -0.05) is 70.9 Å². The lowest BCUT2D eigenvalue weighted by atomic mass is 9.99. The summed E-state index contributed by atoms with van der Waals surface area (Å²) < 4.78 is 14.3. The van der Waals surface area contributed by atoms with E-state index in [1.165, 1.54) is 51.0 Å². The van der Waals surface area contributed by atoms with Crippen molar-refractivity contribution >= 4 is 15.9 Å². The van der Waals surface area contributed by atoms with Crippen LogP contribution < -0.4 is 5.32 Å². The number of nitrogens with one attached hydrogen (secondary N) is 1. The first-order valence-electron chi connectivity index (χ1n) is 8.38. The molecule has 120 valence electrons. The first kappa shape index (κ1) is 18.6. The standard InChI is InChI=1S/C18H29BrFN/c1-3-5-6-7-8-9-10-14-17(21-4-2)15-12-11-13-16(20)18(15)19/h11-13,17,21H,3-10,14H2,1-2H3. The van der Waals surface area contributed by atoms with Crippen LogP contribution >= 0.6 is 15.9 Å². The summed E-state index contributed by atoms with van der Waals surface area (Å²) in [6.45, 7) is 5.26. The van der Waals surface area contributed by atoms with Crippen molar-refractivity contribution in [1.82, 2.24) is 5.32 Å². The lowest BCUT2D eigenvalue weighted by Gasteiger charge is -2.20. The van der Waals surface area contributed by atoms with Crippen LogP contribution in [0.25, 0.3) is 0 Å². The van der Waals surface area contributed by atoms with Crippen LogP contribution in [-0.2, 0) is 0 Å². The van der Waals surface area contributed by atoms with Crippen molar-refractivity contribution in [2.45, 2.75) is 71.3 Å². The summed E-state index contributed by atoms with van der Waals surface area (Å²) in [7, 11) is 0. The third-order valence-corrected chi connectivity index (χ3v) is 4.74. The van der Waals surface area contributed by atoms with E-state index >= 15 is 0 Å². The highest BCUT2D eigenvalue weighted by Crippen LogP contribution is 2.29. The number of hydrogen-bond donors (Lipinski definition) is 1. The van der Waals surface area contributed by atoms with Crippen LogP contribution in [0, 0.1) is 5.82 Å². The van der Waals surface area contributed by atoms with E-state index in [1.807, 2.05) is 6.07 Å². The second kappa shape index (κ2) is 11.2. The van der Waals surface area contributed by atoms with Crippen LogP contribution in [0.5, 0.6) is 0 Å². The van der Waals surface area contributed by atoms with E-state index in [0.717, 1.165) is 18.5 Å². The monoisotopic (exact) mass is 357 g/mol. The molecule has 0 aliphatic heterocycles. The molecular weight excluding hydrogens is 329 g/mol. The van der Waals surface area contributed by atoms with Crippen molar-refractivity contribution in [1.29, 1.82) is 0 Å². The molecule has 1 aromatic rings. The molecule has 3 heteroatoms. The molecule has 0 aromatic heterocycles. The molecule has 1 rings (SSSR count). The molecule has 0 saturated carbocycles. The molecule has 1 N–H and O–H groups in total.